The van der Waals surface area contributed by atoms with Crippen LogP contribution in [0.1, 0.15) is 116 Å². The Balaban J connectivity index is 1.96. The Bertz CT molecular complexity index is 675. The maximum atomic E-state index is 13.3. The minimum Gasteiger partial charge on any atom is -0.440 e. The summed E-state index contributed by atoms with van der Waals surface area (Å²) in [5.74, 6) is -0.00120. The second-order valence-electron chi connectivity index (χ2n) is 9.89. The van der Waals surface area contributed by atoms with Crippen LogP contribution in [-0.2, 0) is 20.7 Å². The second kappa shape index (κ2) is 15.9. The van der Waals surface area contributed by atoms with E-state index in [1.165, 1.54) is 57.8 Å². The van der Waals surface area contributed by atoms with Crippen molar-refractivity contribution in [3.8, 4) is 0 Å². The van der Waals surface area contributed by atoms with Gasteiger partial charge in [0.1, 0.15) is 6.04 Å². The predicted molar refractivity (Wildman–Crippen MR) is 136 cm³/mol. The molecule has 1 aromatic carbocycles. The summed E-state index contributed by atoms with van der Waals surface area (Å²) >= 11 is 0. The van der Waals surface area contributed by atoms with Gasteiger partial charge in [-0.2, -0.15) is 0 Å². The Hall–Kier alpha value is -1.84. The lowest BCUT2D eigenvalue weighted by molar-refractivity contribution is -0.147. The highest BCUT2D eigenvalue weighted by molar-refractivity contribution is 5.87. The van der Waals surface area contributed by atoms with Gasteiger partial charge in [-0.05, 0) is 18.4 Å². The van der Waals surface area contributed by atoms with Gasteiger partial charge in [0.2, 0.25) is 5.91 Å². The molecule has 1 saturated heterocycles. The first-order chi connectivity index (χ1) is 16.1. The molecule has 186 valence electrons. The summed E-state index contributed by atoms with van der Waals surface area (Å²) in [6.45, 7) is 6.58. The summed E-state index contributed by atoms with van der Waals surface area (Å²) in [5.41, 5.74) is 1.07. The van der Waals surface area contributed by atoms with Gasteiger partial charge in [-0.3, -0.25) is 9.69 Å². The van der Waals surface area contributed by atoms with Crippen LogP contribution in [0.5, 0.6) is 0 Å². The largest absolute Gasteiger partial charge is 0.440 e. The number of ether oxygens (including phenoxy) is 1. The van der Waals surface area contributed by atoms with Crippen LogP contribution < -0.4 is 0 Å². The zero-order valence-electron chi connectivity index (χ0n) is 21.4. The van der Waals surface area contributed by atoms with Gasteiger partial charge < -0.3 is 4.74 Å². The van der Waals surface area contributed by atoms with Gasteiger partial charge in [0, 0.05) is 18.8 Å². The smallest absolute Gasteiger partial charge is 0.331 e. The van der Waals surface area contributed by atoms with E-state index in [0.29, 0.717) is 12.8 Å². The van der Waals surface area contributed by atoms with Crippen molar-refractivity contribution >= 4 is 11.9 Å². The summed E-state index contributed by atoms with van der Waals surface area (Å²) in [5, 5.41) is 0. The number of hydrogen-bond donors (Lipinski definition) is 0. The van der Waals surface area contributed by atoms with E-state index in [0.717, 1.165) is 31.2 Å². The molecule has 1 fully saturated rings. The van der Waals surface area contributed by atoms with Crippen LogP contribution in [0, 0.1) is 5.92 Å². The Morgan fingerprint density at radius 3 is 2.09 bits per heavy atom. The van der Waals surface area contributed by atoms with Crippen LogP contribution >= 0.6 is 0 Å². The van der Waals surface area contributed by atoms with Crippen molar-refractivity contribution in [3.05, 3.63) is 35.9 Å². The Morgan fingerprint density at radius 2 is 1.45 bits per heavy atom. The lowest BCUT2D eigenvalue weighted by atomic mass is 9.98. The van der Waals surface area contributed by atoms with Gasteiger partial charge in [0.25, 0.3) is 0 Å². The van der Waals surface area contributed by atoms with E-state index < -0.39 is 12.3 Å². The zero-order valence-corrected chi connectivity index (χ0v) is 21.4. The Kier molecular flexibility index (Phi) is 13.2. The predicted octanol–water partition coefficient (Wildman–Crippen LogP) is 7.45. The van der Waals surface area contributed by atoms with Gasteiger partial charge >= 0.3 is 5.97 Å². The van der Waals surface area contributed by atoms with E-state index in [1.54, 1.807) is 4.90 Å². The molecule has 0 radical (unpaired) electrons. The molecule has 1 aliphatic heterocycles. The molecule has 1 aromatic rings. The number of esters is 1. The number of hydrogen-bond acceptors (Lipinski definition) is 3. The molecule has 4 heteroatoms. The van der Waals surface area contributed by atoms with Gasteiger partial charge in [0.15, 0.2) is 6.23 Å². The fraction of sp³-hybridized carbons (Fsp3) is 0.724. The van der Waals surface area contributed by atoms with Crippen LogP contribution in [0.4, 0.5) is 0 Å². The Morgan fingerprint density at radius 1 is 0.879 bits per heavy atom. The molecule has 0 spiro atoms. The third-order valence-corrected chi connectivity index (χ3v) is 6.92. The molecule has 3 unspecified atom stereocenters. The topological polar surface area (TPSA) is 46.6 Å². The first-order valence-corrected chi connectivity index (χ1v) is 13.6. The molecular weight excluding hydrogens is 410 g/mol. The van der Waals surface area contributed by atoms with Crippen molar-refractivity contribution in [1.29, 1.82) is 0 Å². The third-order valence-electron chi connectivity index (χ3n) is 6.92. The van der Waals surface area contributed by atoms with Crippen LogP contribution in [0.2, 0.25) is 0 Å². The number of nitrogens with zero attached hydrogens (tertiary/aromatic N) is 1. The normalized spacial score (nSPS) is 19.0. The molecular formula is C29H47NO3. The molecule has 0 bridgehead atoms. The van der Waals surface area contributed by atoms with Gasteiger partial charge in [0.05, 0.1) is 0 Å². The standard InChI is InChI=1S/C29H47NO3/c1-4-6-8-10-11-13-15-19-24(3)28-30(27(31)22-18-12-9-7-5-2)26(29(32)33-28)23-25-20-16-14-17-21-25/h14,16-17,20-21,24,26,28H,4-13,15,18-19,22-23H2,1-3H3. The van der Waals surface area contributed by atoms with Crippen molar-refractivity contribution in [2.24, 2.45) is 5.92 Å². The number of carbonyl (C=O) groups is 2. The van der Waals surface area contributed by atoms with Crippen LogP contribution in [-0.4, -0.2) is 29.0 Å². The molecule has 1 amide bonds. The van der Waals surface area contributed by atoms with E-state index >= 15 is 0 Å². The summed E-state index contributed by atoms with van der Waals surface area (Å²) in [6, 6.07) is 9.48. The van der Waals surface area contributed by atoms with E-state index in [2.05, 4.69) is 20.8 Å². The number of unbranched alkanes of at least 4 members (excludes halogenated alkanes) is 10. The minimum absolute atomic E-state index is 0.0784. The van der Waals surface area contributed by atoms with Crippen LogP contribution in [0.25, 0.3) is 0 Å². The summed E-state index contributed by atoms with van der Waals surface area (Å²) in [6.07, 6.45) is 16.0. The number of benzene rings is 1. The first kappa shape index (κ1) is 27.4. The van der Waals surface area contributed by atoms with Gasteiger partial charge in [-0.15, -0.1) is 0 Å². The maximum absolute atomic E-state index is 13.3. The second-order valence-corrected chi connectivity index (χ2v) is 9.89. The minimum atomic E-state index is -0.503. The number of cyclic esters (lactones) is 1. The average molecular weight is 458 g/mol. The molecule has 4 nitrogen and oxygen atoms in total. The third kappa shape index (κ3) is 9.51. The summed E-state index contributed by atoms with van der Waals surface area (Å²) in [4.78, 5) is 28.0. The fourth-order valence-corrected chi connectivity index (χ4v) is 4.85. The van der Waals surface area contributed by atoms with Gasteiger partial charge in [-0.25, -0.2) is 4.79 Å². The lowest BCUT2D eigenvalue weighted by Crippen LogP contribution is -2.46. The van der Waals surface area contributed by atoms with E-state index in [-0.39, 0.29) is 17.8 Å². The highest BCUT2D eigenvalue weighted by Crippen LogP contribution is 2.30. The van der Waals surface area contributed by atoms with Crippen LogP contribution in [0.15, 0.2) is 30.3 Å². The number of carbonyl (C=O) groups excluding carboxylic acids is 2. The SMILES string of the molecule is CCCCCCCCCC(C)C1OC(=O)C(Cc2ccccc2)N1C(=O)CCCCCCC. The van der Waals surface area contributed by atoms with Gasteiger partial charge in [-0.1, -0.05) is 122 Å². The first-order valence-electron chi connectivity index (χ1n) is 13.6. The van der Waals surface area contributed by atoms with Crippen LogP contribution in [0.3, 0.4) is 0 Å². The van der Waals surface area contributed by atoms with Crippen molar-refractivity contribution in [2.75, 3.05) is 0 Å². The summed E-state index contributed by atoms with van der Waals surface area (Å²) in [7, 11) is 0. The highest BCUT2D eigenvalue weighted by atomic mass is 16.6. The lowest BCUT2D eigenvalue weighted by Gasteiger charge is -2.30. The molecule has 33 heavy (non-hydrogen) atoms. The Labute approximate surface area is 202 Å². The average Bonchev–Trinajstić information content (AvgIpc) is 3.15. The molecule has 1 heterocycles. The maximum Gasteiger partial charge on any atom is 0.331 e. The molecule has 0 aliphatic carbocycles. The molecule has 3 atom stereocenters. The molecule has 2 rings (SSSR count). The van der Waals surface area contributed by atoms with Crippen molar-refractivity contribution in [3.63, 3.8) is 0 Å². The van der Waals surface area contributed by atoms with E-state index in [1.807, 2.05) is 30.3 Å². The number of amides is 1. The van der Waals surface area contributed by atoms with Crippen molar-refractivity contribution in [1.82, 2.24) is 4.90 Å². The quantitative estimate of drug-likeness (QED) is 0.180. The summed E-state index contributed by atoms with van der Waals surface area (Å²) < 4.78 is 5.86. The fourth-order valence-electron chi connectivity index (χ4n) is 4.85. The van der Waals surface area contributed by atoms with E-state index in [9.17, 15) is 9.59 Å². The molecule has 1 aliphatic rings. The van der Waals surface area contributed by atoms with E-state index in [4.69, 9.17) is 4.74 Å². The highest BCUT2D eigenvalue weighted by Gasteiger charge is 2.46. The monoisotopic (exact) mass is 457 g/mol. The molecule has 0 saturated carbocycles. The molecule has 0 N–H and O–H groups in total. The van der Waals surface area contributed by atoms with Crippen molar-refractivity contribution in [2.45, 2.75) is 129 Å². The van der Waals surface area contributed by atoms with Crippen molar-refractivity contribution < 1.29 is 14.3 Å². The number of rotatable bonds is 17. The molecule has 0 aromatic heterocycles. The zero-order chi connectivity index (χ0) is 23.9.